The summed E-state index contributed by atoms with van der Waals surface area (Å²) in [6.45, 7) is 4.36. The van der Waals surface area contributed by atoms with Crippen LogP contribution in [-0.2, 0) is 0 Å². The van der Waals surface area contributed by atoms with Crippen LogP contribution < -0.4 is 11.1 Å². The molecule has 0 aromatic rings. The molecule has 0 spiro atoms. The Bertz CT molecular complexity index is 118. The van der Waals surface area contributed by atoms with Gasteiger partial charge in [-0.1, -0.05) is 19.9 Å². The van der Waals surface area contributed by atoms with Crippen LogP contribution in [0.1, 0.15) is 13.8 Å². The van der Waals surface area contributed by atoms with E-state index in [1.807, 2.05) is 6.20 Å². The summed E-state index contributed by atoms with van der Waals surface area (Å²) in [6.07, 6.45) is 4.22. The highest BCUT2D eigenvalue weighted by Gasteiger charge is 2.20. The van der Waals surface area contributed by atoms with Crippen LogP contribution in [0, 0.1) is 11.8 Å². The van der Waals surface area contributed by atoms with E-state index in [0.717, 1.165) is 0 Å². The van der Waals surface area contributed by atoms with Gasteiger partial charge in [0, 0.05) is 5.92 Å². The molecule has 1 aliphatic heterocycles. The minimum Gasteiger partial charge on any atom is -0.376 e. The predicted molar refractivity (Wildman–Crippen MR) is 38.6 cm³/mol. The number of hydrogen-bond acceptors (Lipinski definition) is 2. The summed E-state index contributed by atoms with van der Waals surface area (Å²) in [5.41, 5.74) is 5.71. The minimum absolute atomic E-state index is 0.144. The number of nitrogens with one attached hydrogen (secondary N) is 1. The van der Waals surface area contributed by atoms with Gasteiger partial charge in [0.25, 0.3) is 0 Å². The van der Waals surface area contributed by atoms with Gasteiger partial charge in [0.15, 0.2) is 0 Å². The summed E-state index contributed by atoms with van der Waals surface area (Å²) in [5, 5.41) is 3.05. The van der Waals surface area contributed by atoms with Crippen molar-refractivity contribution in [1.82, 2.24) is 5.32 Å². The monoisotopic (exact) mass is 126 g/mol. The fraction of sp³-hybridized carbons (Fsp3) is 0.714. The SMILES string of the molecule is CC(C)C1C=CNC1N. The van der Waals surface area contributed by atoms with Gasteiger partial charge < -0.3 is 11.1 Å². The summed E-state index contributed by atoms with van der Waals surface area (Å²) < 4.78 is 0. The van der Waals surface area contributed by atoms with Gasteiger partial charge in [-0.3, -0.25) is 0 Å². The first kappa shape index (κ1) is 6.62. The van der Waals surface area contributed by atoms with Crippen molar-refractivity contribution >= 4 is 0 Å². The topological polar surface area (TPSA) is 38.0 Å². The molecule has 2 atom stereocenters. The predicted octanol–water partition coefficient (Wildman–Crippen LogP) is 0.660. The third-order valence-electron chi connectivity index (χ3n) is 1.79. The maximum Gasteiger partial charge on any atom is 0.0805 e. The fourth-order valence-corrected chi connectivity index (χ4v) is 1.15. The van der Waals surface area contributed by atoms with E-state index in [1.54, 1.807) is 0 Å². The summed E-state index contributed by atoms with van der Waals surface area (Å²) in [5.74, 6) is 1.16. The summed E-state index contributed by atoms with van der Waals surface area (Å²) >= 11 is 0. The third kappa shape index (κ3) is 1.24. The van der Waals surface area contributed by atoms with Crippen molar-refractivity contribution in [2.75, 3.05) is 0 Å². The first-order valence-electron chi connectivity index (χ1n) is 3.40. The molecule has 0 aromatic carbocycles. The van der Waals surface area contributed by atoms with E-state index in [4.69, 9.17) is 5.73 Å². The molecule has 2 heteroatoms. The van der Waals surface area contributed by atoms with Crippen LogP contribution in [0.25, 0.3) is 0 Å². The molecule has 0 bridgehead atoms. The van der Waals surface area contributed by atoms with Gasteiger partial charge >= 0.3 is 0 Å². The maximum atomic E-state index is 5.71. The molecule has 0 amide bonds. The van der Waals surface area contributed by atoms with Gasteiger partial charge in [-0.05, 0) is 12.1 Å². The molecule has 2 unspecified atom stereocenters. The van der Waals surface area contributed by atoms with Gasteiger partial charge in [-0.15, -0.1) is 0 Å². The molecule has 0 aliphatic carbocycles. The van der Waals surface area contributed by atoms with E-state index in [0.29, 0.717) is 11.8 Å². The molecule has 1 aliphatic rings. The minimum atomic E-state index is 0.144. The highest BCUT2D eigenvalue weighted by molar-refractivity contribution is 5.01. The van der Waals surface area contributed by atoms with Crippen LogP contribution in [-0.4, -0.2) is 6.17 Å². The molecule has 1 rings (SSSR count). The van der Waals surface area contributed by atoms with Crippen molar-refractivity contribution in [3.05, 3.63) is 12.3 Å². The third-order valence-corrected chi connectivity index (χ3v) is 1.79. The van der Waals surface area contributed by atoms with Crippen molar-refractivity contribution in [2.24, 2.45) is 17.6 Å². The second-order valence-corrected chi connectivity index (χ2v) is 2.87. The van der Waals surface area contributed by atoms with Crippen molar-refractivity contribution in [2.45, 2.75) is 20.0 Å². The summed E-state index contributed by atoms with van der Waals surface area (Å²) in [7, 11) is 0. The Hall–Kier alpha value is -0.500. The zero-order chi connectivity index (χ0) is 6.85. The molecule has 1 heterocycles. The standard InChI is InChI=1S/C7H14N2/c1-5(2)6-3-4-9-7(6)8/h3-7,9H,8H2,1-2H3. The second-order valence-electron chi connectivity index (χ2n) is 2.87. The molecule has 0 fully saturated rings. The van der Waals surface area contributed by atoms with E-state index < -0.39 is 0 Å². The van der Waals surface area contributed by atoms with Gasteiger partial charge in [0.2, 0.25) is 0 Å². The molecule has 3 N–H and O–H groups in total. The lowest BCUT2D eigenvalue weighted by Crippen LogP contribution is -2.37. The molecule has 52 valence electrons. The smallest absolute Gasteiger partial charge is 0.0805 e. The Balaban J connectivity index is 2.49. The highest BCUT2D eigenvalue weighted by atomic mass is 15.0. The van der Waals surface area contributed by atoms with E-state index in [1.165, 1.54) is 0 Å². The van der Waals surface area contributed by atoms with Gasteiger partial charge in [-0.2, -0.15) is 0 Å². The molecule has 0 saturated carbocycles. The molecular formula is C7H14N2. The number of hydrogen-bond donors (Lipinski definition) is 2. The first-order valence-corrected chi connectivity index (χ1v) is 3.40. The molecule has 0 aromatic heterocycles. The molecule has 9 heavy (non-hydrogen) atoms. The first-order chi connectivity index (χ1) is 4.22. The lowest BCUT2D eigenvalue weighted by Gasteiger charge is -2.17. The molecular weight excluding hydrogens is 112 g/mol. The van der Waals surface area contributed by atoms with Crippen molar-refractivity contribution in [3.63, 3.8) is 0 Å². The van der Waals surface area contributed by atoms with E-state index in [2.05, 4.69) is 25.2 Å². The largest absolute Gasteiger partial charge is 0.376 e. The van der Waals surface area contributed by atoms with Crippen LogP contribution in [0.15, 0.2) is 12.3 Å². The van der Waals surface area contributed by atoms with Gasteiger partial charge in [0.1, 0.15) is 0 Å². The normalized spacial score (nSPS) is 33.3. The zero-order valence-electron chi connectivity index (χ0n) is 5.96. The maximum absolute atomic E-state index is 5.71. The van der Waals surface area contributed by atoms with Crippen LogP contribution in [0.2, 0.25) is 0 Å². The lowest BCUT2D eigenvalue weighted by atomic mass is 9.95. The lowest BCUT2D eigenvalue weighted by molar-refractivity contribution is 0.387. The highest BCUT2D eigenvalue weighted by Crippen LogP contribution is 2.17. The van der Waals surface area contributed by atoms with Crippen molar-refractivity contribution in [1.29, 1.82) is 0 Å². The summed E-state index contributed by atoms with van der Waals surface area (Å²) in [6, 6.07) is 0. The van der Waals surface area contributed by atoms with Crippen LogP contribution >= 0.6 is 0 Å². The Morgan fingerprint density at radius 2 is 2.22 bits per heavy atom. The average molecular weight is 126 g/mol. The molecule has 2 nitrogen and oxygen atoms in total. The Kier molecular flexibility index (Phi) is 1.76. The molecule has 0 radical (unpaired) electrons. The van der Waals surface area contributed by atoms with Crippen molar-refractivity contribution < 1.29 is 0 Å². The Morgan fingerprint density at radius 1 is 1.56 bits per heavy atom. The Morgan fingerprint density at radius 3 is 2.44 bits per heavy atom. The van der Waals surface area contributed by atoms with Gasteiger partial charge in [0.05, 0.1) is 6.17 Å². The van der Waals surface area contributed by atoms with Crippen molar-refractivity contribution in [3.8, 4) is 0 Å². The van der Waals surface area contributed by atoms with Crippen LogP contribution in [0.4, 0.5) is 0 Å². The number of rotatable bonds is 1. The quantitative estimate of drug-likeness (QED) is 0.541. The van der Waals surface area contributed by atoms with E-state index >= 15 is 0 Å². The zero-order valence-corrected chi connectivity index (χ0v) is 5.96. The summed E-state index contributed by atoms with van der Waals surface area (Å²) in [4.78, 5) is 0. The van der Waals surface area contributed by atoms with Crippen LogP contribution in [0.3, 0.4) is 0 Å². The van der Waals surface area contributed by atoms with Gasteiger partial charge in [-0.25, -0.2) is 0 Å². The molecule has 0 saturated heterocycles. The number of nitrogens with two attached hydrogens (primary N) is 1. The van der Waals surface area contributed by atoms with E-state index in [-0.39, 0.29) is 6.17 Å². The fourth-order valence-electron chi connectivity index (χ4n) is 1.15. The van der Waals surface area contributed by atoms with Crippen LogP contribution in [0.5, 0.6) is 0 Å². The van der Waals surface area contributed by atoms with E-state index in [9.17, 15) is 0 Å². The average Bonchev–Trinajstić information content (AvgIpc) is 2.13. The Labute approximate surface area is 56.1 Å². The second kappa shape index (κ2) is 2.40.